The molecular weight excluding hydrogens is 152 g/mol. The van der Waals surface area contributed by atoms with E-state index in [9.17, 15) is 0 Å². The van der Waals surface area contributed by atoms with Crippen molar-refractivity contribution in [3.05, 3.63) is 17.3 Å². The van der Waals surface area contributed by atoms with Crippen LogP contribution in [0.1, 0.15) is 43.0 Å². The van der Waals surface area contributed by atoms with Crippen LogP contribution in [0.25, 0.3) is 0 Å². The van der Waals surface area contributed by atoms with Crippen LogP contribution in [0, 0.1) is 0 Å². The van der Waals surface area contributed by atoms with Gasteiger partial charge in [-0.25, -0.2) is 4.98 Å². The van der Waals surface area contributed by atoms with Crippen molar-refractivity contribution in [2.24, 2.45) is 5.73 Å². The van der Waals surface area contributed by atoms with E-state index in [4.69, 9.17) is 10.2 Å². The van der Waals surface area contributed by atoms with Crippen LogP contribution in [-0.2, 0) is 13.0 Å². The molecule has 1 aliphatic carbocycles. The average Bonchev–Trinajstić information content (AvgIpc) is 2.85. The lowest BCUT2D eigenvalue weighted by atomic mass is 10.2. The van der Waals surface area contributed by atoms with Crippen LogP contribution in [0.2, 0.25) is 0 Å². The minimum Gasteiger partial charge on any atom is -0.444 e. The zero-order chi connectivity index (χ0) is 8.55. The fourth-order valence-electron chi connectivity index (χ4n) is 1.39. The Morgan fingerprint density at radius 1 is 1.58 bits per heavy atom. The average molecular weight is 166 g/mol. The smallest absolute Gasteiger partial charge is 0.194 e. The normalized spacial score (nSPS) is 16.8. The van der Waals surface area contributed by atoms with Gasteiger partial charge < -0.3 is 10.2 Å². The highest BCUT2D eigenvalue weighted by atomic mass is 16.4. The van der Waals surface area contributed by atoms with Gasteiger partial charge in [0.15, 0.2) is 5.89 Å². The predicted octanol–water partition coefficient (Wildman–Crippen LogP) is 1.57. The third kappa shape index (κ3) is 1.25. The molecule has 1 saturated carbocycles. The van der Waals surface area contributed by atoms with Gasteiger partial charge in [0.2, 0.25) is 0 Å². The monoisotopic (exact) mass is 166 g/mol. The molecule has 1 fully saturated rings. The summed E-state index contributed by atoms with van der Waals surface area (Å²) in [4.78, 5) is 4.41. The fraction of sp³-hybridized carbons (Fsp3) is 0.667. The Morgan fingerprint density at radius 2 is 2.33 bits per heavy atom. The van der Waals surface area contributed by atoms with Crippen molar-refractivity contribution in [3.63, 3.8) is 0 Å². The van der Waals surface area contributed by atoms with Gasteiger partial charge in [-0.3, -0.25) is 0 Å². The number of aryl methyl sites for hydroxylation is 1. The van der Waals surface area contributed by atoms with Gasteiger partial charge in [-0.2, -0.15) is 0 Å². The first-order valence-corrected chi connectivity index (χ1v) is 4.53. The molecule has 1 heterocycles. The van der Waals surface area contributed by atoms with Crippen LogP contribution in [0.15, 0.2) is 4.42 Å². The lowest BCUT2D eigenvalue weighted by Crippen LogP contribution is -1.97. The highest BCUT2D eigenvalue weighted by molar-refractivity contribution is 5.19. The number of oxazole rings is 1. The molecule has 0 radical (unpaired) electrons. The zero-order valence-corrected chi connectivity index (χ0v) is 7.34. The Hall–Kier alpha value is -0.830. The SMILES string of the molecule is CCc1nc(C2CC2)c(CN)o1. The zero-order valence-electron chi connectivity index (χ0n) is 7.34. The van der Waals surface area contributed by atoms with Gasteiger partial charge in [0.05, 0.1) is 12.2 Å². The van der Waals surface area contributed by atoms with Crippen LogP contribution < -0.4 is 5.73 Å². The van der Waals surface area contributed by atoms with E-state index in [-0.39, 0.29) is 0 Å². The third-order valence-electron chi connectivity index (χ3n) is 2.22. The molecule has 0 spiro atoms. The predicted molar refractivity (Wildman–Crippen MR) is 45.7 cm³/mol. The number of nitrogens with two attached hydrogens (primary N) is 1. The second-order valence-corrected chi connectivity index (χ2v) is 3.25. The van der Waals surface area contributed by atoms with Crippen LogP contribution in [0.4, 0.5) is 0 Å². The molecule has 2 N–H and O–H groups in total. The Kier molecular flexibility index (Phi) is 1.89. The summed E-state index contributed by atoms with van der Waals surface area (Å²) in [5.74, 6) is 2.37. The summed E-state index contributed by atoms with van der Waals surface area (Å²) in [5, 5.41) is 0. The molecule has 1 aliphatic rings. The van der Waals surface area contributed by atoms with Gasteiger partial charge in [0, 0.05) is 12.3 Å². The summed E-state index contributed by atoms with van der Waals surface area (Å²) in [7, 11) is 0. The number of rotatable bonds is 3. The van der Waals surface area contributed by atoms with Crippen LogP contribution in [0.3, 0.4) is 0 Å². The van der Waals surface area contributed by atoms with Crippen molar-refractivity contribution in [1.29, 1.82) is 0 Å². The first-order chi connectivity index (χ1) is 5.85. The number of hydrogen-bond donors (Lipinski definition) is 1. The molecule has 12 heavy (non-hydrogen) atoms. The first kappa shape index (κ1) is 7.80. The van der Waals surface area contributed by atoms with Gasteiger partial charge in [0.1, 0.15) is 5.76 Å². The first-order valence-electron chi connectivity index (χ1n) is 4.53. The van der Waals surface area contributed by atoms with Gasteiger partial charge >= 0.3 is 0 Å². The molecule has 0 bridgehead atoms. The van der Waals surface area contributed by atoms with Crippen molar-refractivity contribution in [2.75, 3.05) is 0 Å². The molecule has 0 aliphatic heterocycles. The fourth-order valence-corrected chi connectivity index (χ4v) is 1.39. The molecule has 3 nitrogen and oxygen atoms in total. The van der Waals surface area contributed by atoms with E-state index in [0.717, 1.165) is 23.8 Å². The Bertz CT molecular complexity index is 276. The lowest BCUT2D eigenvalue weighted by Gasteiger charge is -1.91. The minimum atomic E-state index is 0.485. The van der Waals surface area contributed by atoms with Crippen molar-refractivity contribution in [3.8, 4) is 0 Å². The van der Waals surface area contributed by atoms with E-state index in [0.29, 0.717) is 12.5 Å². The maximum Gasteiger partial charge on any atom is 0.194 e. The second-order valence-electron chi connectivity index (χ2n) is 3.25. The molecule has 0 saturated heterocycles. The maximum absolute atomic E-state index is 5.55. The summed E-state index contributed by atoms with van der Waals surface area (Å²) in [5.41, 5.74) is 6.67. The lowest BCUT2D eigenvalue weighted by molar-refractivity contribution is 0.460. The quantitative estimate of drug-likeness (QED) is 0.741. The molecule has 2 rings (SSSR count). The molecule has 0 atom stereocenters. The van der Waals surface area contributed by atoms with E-state index in [1.165, 1.54) is 12.8 Å². The number of aromatic nitrogens is 1. The van der Waals surface area contributed by atoms with Crippen molar-refractivity contribution in [2.45, 2.75) is 38.6 Å². The highest BCUT2D eigenvalue weighted by Crippen LogP contribution is 2.41. The van der Waals surface area contributed by atoms with Crippen molar-refractivity contribution < 1.29 is 4.42 Å². The van der Waals surface area contributed by atoms with Crippen molar-refractivity contribution >= 4 is 0 Å². The maximum atomic E-state index is 5.55. The summed E-state index contributed by atoms with van der Waals surface area (Å²) in [6.45, 7) is 2.53. The van der Waals surface area contributed by atoms with Crippen molar-refractivity contribution in [1.82, 2.24) is 4.98 Å². The van der Waals surface area contributed by atoms with Gasteiger partial charge in [-0.15, -0.1) is 0 Å². The summed E-state index contributed by atoms with van der Waals surface area (Å²) in [6, 6.07) is 0. The van der Waals surface area contributed by atoms with Gasteiger partial charge in [-0.05, 0) is 12.8 Å². The molecular formula is C9H14N2O. The third-order valence-corrected chi connectivity index (χ3v) is 2.22. The van der Waals surface area contributed by atoms with Crippen LogP contribution in [-0.4, -0.2) is 4.98 Å². The van der Waals surface area contributed by atoms with E-state index in [1.807, 2.05) is 6.92 Å². The summed E-state index contributed by atoms with van der Waals surface area (Å²) < 4.78 is 5.48. The Balaban J connectivity index is 2.29. The minimum absolute atomic E-state index is 0.485. The highest BCUT2D eigenvalue weighted by Gasteiger charge is 2.29. The van der Waals surface area contributed by atoms with Crippen LogP contribution >= 0.6 is 0 Å². The Labute approximate surface area is 72.0 Å². The molecule has 0 unspecified atom stereocenters. The largest absolute Gasteiger partial charge is 0.444 e. The van der Waals surface area contributed by atoms with E-state index in [1.54, 1.807) is 0 Å². The van der Waals surface area contributed by atoms with E-state index >= 15 is 0 Å². The van der Waals surface area contributed by atoms with Gasteiger partial charge in [-0.1, -0.05) is 6.92 Å². The molecule has 1 aromatic heterocycles. The van der Waals surface area contributed by atoms with E-state index in [2.05, 4.69) is 4.98 Å². The van der Waals surface area contributed by atoms with Gasteiger partial charge in [0.25, 0.3) is 0 Å². The number of hydrogen-bond acceptors (Lipinski definition) is 3. The Morgan fingerprint density at radius 3 is 2.83 bits per heavy atom. The van der Waals surface area contributed by atoms with Crippen LogP contribution in [0.5, 0.6) is 0 Å². The topological polar surface area (TPSA) is 52.0 Å². The standard InChI is InChI=1S/C9H14N2O/c1-2-8-11-9(6-3-4-6)7(5-10)12-8/h6H,2-5,10H2,1H3. The molecule has 0 aromatic carbocycles. The molecule has 1 aromatic rings. The van der Waals surface area contributed by atoms with E-state index < -0.39 is 0 Å². The second kappa shape index (κ2) is 2.90. The molecule has 66 valence electrons. The molecule has 0 amide bonds. The molecule has 3 heteroatoms. The summed E-state index contributed by atoms with van der Waals surface area (Å²) >= 11 is 0. The number of nitrogens with zero attached hydrogens (tertiary/aromatic N) is 1. The summed E-state index contributed by atoms with van der Waals surface area (Å²) in [6.07, 6.45) is 3.37.